The van der Waals surface area contributed by atoms with Crippen LogP contribution >= 0.6 is 0 Å². The molecule has 70 valence electrons. The van der Waals surface area contributed by atoms with Crippen LogP contribution in [0, 0.1) is 0 Å². The third-order valence-corrected chi connectivity index (χ3v) is 1.71. The van der Waals surface area contributed by atoms with Crippen LogP contribution in [0.4, 0.5) is 13.6 Å². The van der Waals surface area contributed by atoms with Crippen molar-refractivity contribution in [2.45, 2.75) is 19.1 Å². The van der Waals surface area contributed by atoms with Crippen LogP contribution in [0.25, 0.3) is 0 Å². The first kappa shape index (κ1) is 9.18. The highest BCUT2D eigenvalue weighted by Crippen LogP contribution is 2.15. The number of nitrogens with zero attached hydrogens (tertiary/aromatic N) is 1. The van der Waals surface area contributed by atoms with E-state index < -0.39 is 18.8 Å². The van der Waals surface area contributed by atoms with Crippen LogP contribution in [0.3, 0.4) is 0 Å². The number of hydrogen-bond acceptors (Lipinski definition) is 2. The Morgan fingerprint density at radius 1 is 1.67 bits per heavy atom. The van der Waals surface area contributed by atoms with Gasteiger partial charge in [-0.2, -0.15) is 8.78 Å². The first-order chi connectivity index (χ1) is 5.59. The van der Waals surface area contributed by atoms with Gasteiger partial charge >= 0.3 is 12.7 Å². The van der Waals surface area contributed by atoms with Crippen LogP contribution in [0.2, 0.25) is 0 Å². The lowest BCUT2D eigenvalue weighted by molar-refractivity contribution is -0.158. The van der Waals surface area contributed by atoms with Gasteiger partial charge in [0.15, 0.2) is 0 Å². The van der Waals surface area contributed by atoms with E-state index in [9.17, 15) is 13.6 Å². The maximum Gasteiger partial charge on any atom is 0.407 e. The molecule has 1 atom stereocenters. The van der Waals surface area contributed by atoms with Crippen molar-refractivity contribution in [2.24, 2.45) is 0 Å². The normalized spacial score (nSPS) is 23.6. The summed E-state index contributed by atoms with van der Waals surface area (Å²) in [4.78, 5) is 11.4. The summed E-state index contributed by atoms with van der Waals surface area (Å²) < 4.78 is 27.4. The van der Waals surface area contributed by atoms with Gasteiger partial charge in [-0.15, -0.1) is 0 Å². The van der Waals surface area contributed by atoms with Crippen molar-refractivity contribution in [2.75, 3.05) is 13.1 Å². The predicted molar refractivity (Wildman–Crippen MR) is 35.1 cm³/mol. The summed E-state index contributed by atoms with van der Waals surface area (Å²) in [6, 6.07) is 0. The average Bonchev–Trinajstić information content (AvgIpc) is 2.34. The highest BCUT2D eigenvalue weighted by Gasteiger charge is 2.28. The minimum Gasteiger partial charge on any atom is -0.465 e. The highest BCUT2D eigenvalue weighted by atomic mass is 19.3. The third kappa shape index (κ3) is 2.30. The minimum atomic E-state index is -2.82. The molecule has 1 aliphatic rings. The van der Waals surface area contributed by atoms with E-state index in [1.54, 1.807) is 0 Å². The molecule has 12 heavy (non-hydrogen) atoms. The van der Waals surface area contributed by atoms with Gasteiger partial charge in [-0.3, -0.25) is 0 Å². The fourth-order valence-electron chi connectivity index (χ4n) is 1.16. The number of carboxylic acid groups (broad SMARTS) is 1. The van der Waals surface area contributed by atoms with Gasteiger partial charge in [0.1, 0.15) is 0 Å². The van der Waals surface area contributed by atoms with Crippen molar-refractivity contribution in [3.8, 4) is 0 Å². The van der Waals surface area contributed by atoms with Crippen molar-refractivity contribution < 1.29 is 23.4 Å². The Bertz CT molecular complexity index is 176. The zero-order chi connectivity index (χ0) is 9.14. The Balaban J connectivity index is 2.30. The number of hydrogen-bond donors (Lipinski definition) is 1. The van der Waals surface area contributed by atoms with E-state index in [2.05, 4.69) is 4.74 Å². The Labute approximate surface area is 67.7 Å². The van der Waals surface area contributed by atoms with E-state index in [0.29, 0.717) is 6.42 Å². The summed E-state index contributed by atoms with van der Waals surface area (Å²) in [5, 5.41) is 8.45. The molecule has 1 fully saturated rings. The molecule has 1 rings (SSSR count). The fourth-order valence-corrected chi connectivity index (χ4v) is 1.16. The number of amides is 1. The van der Waals surface area contributed by atoms with E-state index in [4.69, 9.17) is 5.11 Å². The summed E-state index contributed by atoms with van der Waals surface area (Å²) in [6.45, 7) is -2.50. The van der Waals surface area contributed by atoms with Crippen LogP contribution in [-0.4, -0.2) is 41.9 Å². The van der Waals surface area contributed by atoms with E-state index >= 15 is 0 Å². The molecule has 6 heteroatoms. The molecule has 0 saturated carbocycles. The van der Waals surface area contributed by atoms with E-state index in [1.165, 1.54) is 0 Å². The molecule has 1 N–H and O–H groups in total. The van der Waals surface area contributed by atoms with E-state index in [-0.39, 0.29) is 13.1 Å². The largest absolute Gasteiger partial charge is 0.465 e. The van der Waals surface area contributed by atoms with Crippen LogP contribution in [-0.2, 0) is 4.74 Å². The van der Waals surface area contributed by atoms with Crippen molar-refractivity contribution in [3.63, 3.8) is 0 Å². The summed E-state index contributed by atoms with van der Waals surface area (Å²) >= 11 is 0. The molecule has 0 radical (unpaired) electrons. The first-order valence-electron chi connectivity index (χ1n) is 3.51. The molecule has 0 aliphatic carbocycles. The smallest absolute Gasteiger partial charge is 0.407 e. The lowest BCUT2D eigenvalue weighted by Crippen LogP contribution is -2.28. The molecule has 0 bridgehead atoms. The zero-order valence-corrected chi connectivity index (χ0v) is 6.24. The van der Waals surface area contributed by atoms with Gasteiger partial charge in [0.05, 0.1) is 12.6 Å². The highest BCUT2D eigenvalue weighted by molar-refractivity contribution is 5.65. The molecule has 4 nitrogen and oxygen atoms in total. The number of rotatable bonds is 2. The van der Waals surface area contributed by atoms with Crippen LogP contribution in [0.15, 0.2) is 0 Å². The molecule has 0 spiro atoms. The molecule has 1 aliphatic heterocycles. The third-order valence-electron chi connectivity index (χ3n) is 1.71. The van der Waals surface area contributed by atoms with Gasteiger partial charge in [-0.05, 0) is 6.42 Å². The molecule has 1 heterocycles. The molecular weight excluding hydrogens is 172 g/mol. The quantitative estimate of drug-likeness (QED) is 0.690. The Hall–Kier alpha value is -0.910. The topological polar surface area (TPSA) is 49.8 Å². The van der Waals surface area contributed by atoms with Crippen molar-refractivity contribution >= 4 is 6.09 Å². The lowest BCUT2D eigenvalue weighted by Gasteiger charge is -2.11. The second-order valence-electron chi connectivity index (χ2n) is 2.54. The zero-order valence-electron chi connectivity index (χ0n) is 6.24. The molecule has 0 aromatic heterocycles. The second-order valence-corrected chi connectivity index (χ2v) is 2.54. The van der Waals surface area contributed by atoms with Crippen LogP contribution in [0.1, 0.15) is 6.42 Å². The van der Waals surface area contributed by atoms with Gasteiger partial charge in [-0.1, -0.05) is 0 Å². The summed E-state index contributed by atoms with van der Waals surface area (Å²) in [5.41, 5.74) is 0. The van der Waals surface area contributed by atoms with Gasteiger partial charge in [0, 0.05) is 6.54 Å². The molecule has 1 amide bonds. The standard InChI is InChI=1S/C6H9F2NO3/c7-5(8)12-4-1-2-9(3-4)6(10)11/h4-5H,1-3H2,(H,10,11)/t4-/m0/s1. The summed E-state index contributed by atoms with van der Waals surface area (Å²) in [5.74, 6) is 0. The van der Waals surface area contributed by atoms with Crippen molar-refractivity contribution in [3.05, 3.63) is 0 Å². The number of alkyl halides is 2. The van der Waals surface area contributed by atoms with Crippen molar-refractivity contribution in [1.29, 1.82) is 0 Å². The van der Waals surface area contributed by atoms with Crippen LogP contribution < -0.4 is 0 Å². The monoisotopic (exact) mass is 181 g/mol. The molecular formula is C6H9F2NO3. The van der Waals surface area contributed by atoms with Gasteiger partial charge in [0.2, 0.25) is 0 Å². The first-order valence-corrected chi connectivity index (χ1v) is 3.51. The number of likely N-dealkylation sites (tertiary alicyclic amines) is 1. The van der Waals surface area contributed by atoms with Crippen LogP contribution in [0.5, 0.6) is 0 Å². The molecule has 1 saturated heterocycles. The number of halogens is 2. The molecule has 0 aromatic rings. The molecule has 0 unspecified atom stereocenters. The Morgan fingerprint density at radius 2 is 2.33 bits per heavy atom. The molecule has 0 aromatic carbocycles. The average molecular weight is 181 g/mol. The van der Waals surface area contributed by atoms with Gasteiger partial charge in [-0.25, -0.2) is 4.79 Å². The summed E-state index contributed by atoms with van der Waals surface area (Å²) in [7, 11) is 0. The van der Waals surface area contributed by atoms with Gasteiger partial charge in [0.25, 0.3) is 0 Å². The predicted octanol–water partition coefficient (Wildman–Crippen LogP) is 0.978. The Morgan fingerprint density at radius 3 is 2.75 bits per heavy atom. The number of ether oxygens (including phenoxy) is 1. The second kappa shape index (κ2) is 3.66. The van der Waals surface area contributed by atoms with E-state index in [0.717, 1.165) is 4.90 Å². The minimum absolute atomic E-state index is 0.0413. The SMILES string of the molecule is O=C(O)N1CC[C@H](OC(F)F)C1. The van der Waals surface area contributed by atoms with E-state index in [1.807, 2.05) is 0 Å². The summed E-state index contributed by atoms with van der Waals surface area (Å²) in [6.07, 6.45) is -1.40. The Kier molecular flexibility index (Phi) is 2.80. The maximum atomic E-state index is 11.6. The lowest BCUT2D eigenvalue weighted by atomic mass is 10.3. The van der Waals surface area contributed by atoms with Gasteiger partial charge < -0.3 is 14.7 Å². The number of carbonyl (C=O) groups is 1. The van der Waals surface area contributed by atoms with Crippen molar-refractivity contribution in [1.82, 2.24) is 4.90 Å². The fraction of sp³-hybridized carbons (Fsp3) is 0.833. The maximum absolute atomic E-state index is 11.6.